The molecule has 2 aromatic heterocycles. The van der Waals surface area contributed by atoms with E-state index in [4.69, 9.17) is 10.8 Å². The lowest BCUT2D eigenvalue weighted by atomic mass is 10.1. The largest absolute Gasteiger partial charge is 0.465 e. The SMILES string of the molecule is Nc1ncnc2c1c(-c1ccc(CNS(=O)(=O)c3c(F)cccc3F)cc1)nn2[C@@H]1CCCN(C(=O)O)C1. The number of anilines is 1. The van der Waals surface area contributed by atoms with Gasteiger partial charge in [0.25, 0.3) is 0 Å². The van der Waals surface area contributed by atoms with Gasteiger partial charge in [-0.1, -0.05) is 30.3 Å². The van der Waals surface area contributed by atoms with Crippen molar-refractivity contribution in [1.82, 2.24) is 29.4 Å². The van der Waals surface area contributed by atoms with Crippen LogP contribution in [0.1, 0.15) is 24.4 Å². The molecule has 38 heavy (non-hydrogen) atoms. The van der Waals surface area contributed by atoms with Crippen molar-refractivity contribution in [3.05, 3.63) is 66.0 Å². The van der Waals surface area contributed by atoms with Crippen LogP contribution < -0.4 is 10.5 Å². The maximum Gasteiger partial charge on any atom is 0.407 e. The number of fused-ring (bicyclic) bond motifs is 1. The van der Waals surface area contributed by atoms with Crippen LogP contribution in [0.25, 0.3) is 22.3 Å². The summed E-state index contributed by atoms with van der Waals surface area (Å²) in [6, 6.07) is 9.29. The minimum Gasteiger partial charge on any atom is -0.465 e. The van der Waals surface area contributed by atoms with E-state index in [1.165, 1.54) is 11.2 Å². The van der Waals surface area contributed by atoms with Gasteiger partial charge in [-0.05, 0) is 30.5 Å². The van der Waals surface area contributed by atoms with Crippen molar-refractivity contribution in [3.63, 3.8) is 0 Å². The average Bonchev–Trinajstić information content (AvgIpc) is 3.29. The normalized spacial score (nSPS) is 16.2. The summed E-state index contributed by atoms with van der Waals surface area (Å²) in [7, 11) is -4.43. The molecule has 2 aromatic carbocycles. The smallest absolute Gasteiger partial charge is 0.407 e. The molecule has 1 amide bonds. The van der Waals surface area contributed by atoms with E-state index in [1.54, 1.807) is 28.9 Å². The number of nitrogens with zero attached hydrogens (tertiary/aromatic N) is 5. The van der Waals surface area contributed by atoms with Crippen LogP contribution in [0.4, 0.5) is 19.4 Å². The molecule has 11 nitrogen and oxygen atoms in total. The number of rotatable bonds is 6. The number of nitrogen functional groups attached to an aromatic ring is 1. The number of aromatic nitrogens is 4. The second-order valence-corrected chi connectivity index (χ2v) is 10.6. The van der Waals surface area contributed by atoms with Crippen LogP contribution >= 0.6 is 0 Å². The molecule has 0 aliphatic carbocycles. The Labute approximate surface area is 216 Å². The van der Waals surface area contributed by atoms with Crippen molar-refractivity contribution < 1.29 is 27.1 Å². The van der Waals surface area contributed by atoms with Crippen molar-refractivity contribution in [2.45, 2.75) is 30.3 Å². The van der Waals surface area contributed by atoms with Gasteiger partial charge in [-0.25, -0.2) is 41.4 Å². The second kappa shape index (κ2) is 9.95. The summed E-state index contributed by atoms with van der Waals surface area (Å²) < 4.78 is 56.7. The molecule has 0 unspecified atom stereocenters. The Balaban J connectivity index is 1.42. The molecule has 3 heterocycles. The van der Waals surface area contributed by atoms with Crippen LogP contribution in [0.15, 0.2) is 53.7 Å². The third-order valence-corrected chi connectivity index (χ3v) is 7.86. The summed E-state index contributed by atoms with van der Waals surface area (Å²) in [6.07, 6.45) is 1.72. The third-order valence-electron chi connectivity index (χ3n) is 6.41. The maximum atomic E-state index is 13.9. The number of benzene rings is 2. The number of carboxylic acid groups (broad SMARTS) is 1. The summed E-state index contributed by atoms with van der Waals surface area (Å²) in [4.78, 5) is 20.3. The van der Waals surface area contributed by atoms with Gasteiger partial charge in [0.15, 0.2) is 10.5 Å². The van der Waals surface area contributed by atoms with Gasteiger partial charge in [0.2, 0.25) is 10.0 Å². The van der Waals surface area contributed by atoms with E-state index in [9.17, 15) is 27.1 Å². The van der Waals surface area contributed by atoms with E-state index < -0.39 is 32.6 Å². The Morgan fingerprint density at radius 1 is 1.13 bits per heavy atom. The van der Waals surface area contributed by atoms with Crippen LogP contribution in [-0.4, -0.2) is 57.4 Å². The van der Waals surface area contributed by atoms with Crippen molar-refractivity contribution in [2.24, 2.45) is 0 Å². The zero-order chi connectivity index (χ0) is 27.0. The second-order valence-electron chi connectivity index (χ2n) is 8.85. The Morgan fingerprint density at radius 2 is 1.84 bits per heavy atom. The lowest BCUT2D eigenvalue weighted by Crippen LogP contribution is -2.40. The summed E-state index contributed by atoms with van der Waals surface area (Å²) in [5.74, 6) is -2.15. The van der Waals surface area contributed by atoms with Crippen molar-refractivity contribution in [2.75, 3.05) is 18.8 Å². The molecule has 14 heteroatoms. The summed E-state index contributed by atoms with van der Waals surface area (Å²) in [5, 5.41) is 14.7. The standard InChI is InChI=1S/C24H23F2N7O4S/c25-17-4-1-5-18(26)21(17)38(36,37)30-11-14-6-8-15(9-7-14)20-19-22(27)28-13-29-23(19)33(31-20)16-3-2-10-32(12-16)24(34)35/h1,4-9,13,16,30H,2-3,10-12H2,(H,34,35)(H2,27,28,29)/t16-/m1/s1. The van der Waals surface area contributed by atoms with Crippen LogP contribution in [0.2, 0.25) is 0 Å². The number of amides is 1. The fourth-order valence-corrected chi connectivity index (χ4v) is 5.70. The average molecular weight is 544 g/mol. The number of piperidine rings is 1. The number of halogens is 2. The molecule has 1 atom stereocenters. The molecule has 1 fully saturated rings. The number of likely N-dealkylation sites (tertiary alicyclic amines) is 1. The molecule has 0 saturated carbocycles. The molecular weight excluding hydrogens is 520 g/mol. The Kier molecular flexibility index (Phi) is 6.67. The lowest BCUT2D eigenvalue weighted by molar-refractivity contribution is 0.120. The van der Waals surface area contributed by atoms with Crippen molar-refractivity contribution >= 4 is 33.0 Å². The number of hydrogen-bond donors (Lipinski definition) is 3. The highest BCUT2D eigenvalue weighted by Gasteiger charge is 2.29. The first kappa shape index (κ1) is 25.5. The zero-order valence-corrected chi connectivity index (χ0v) is 20.7. The lowest BCUT2D eigenvalue weighted by Gasteiger charge is -2.30. The molecule has 198 valence electrons. The van der Waals surface area contributed by atoms with Gasteiger partial charge in [-0.15, -0.1) is 0 Å². The predicted octanol–water partition coefficient (Wildman–Crippen LogP) is 3.15. The van der Waals surface area contributed by atoms with Gasteiger partial charge >= 0.3 is 6.09 Å². The maximum absolute atomic E-state index is 13.9. The highest BCUT2D eigenvalue weighted by molar-refractivity contribution is 7.89. The van der Waals surface area contributed by atoms with Gasteiger partial charge in [0.1, 0.15) is 29.5 Å². The van der Waals surface area contributed by atoms with E-state index in [2.05, 4.69) is 14.7 Å². The highest BCUT2D eigenvalue weighted by Crippen LogP contribution is 2.34. The third kappa shape index (κ3) is 4.75. The highest BCUT2D eigenvalue weighted by atomic mass is 32.2. The molecule has 0 radical (unpaired) electrons. The summed E-state index contributed by atoms with van der Waals surface area (Å²) >= 11 is 0. The Morgan fingerprint density at radius 3 is 2.53 bits per heavy atom. The van der Waals surface area contributed by atoms with Gasteiger partial charge < -0.3 is 15.7 Å². The topological polar surface area (TPSA) is 156 Å². The predicted molar refractivity (Wildman–Crippen MR) is 133 cm³/mol. The molecule has 5 rings (SSSR count). The molecule has 1 aliphatic heterocycles. The first-order chi connectivity index (χ1) is 18.2. The number of sulfonamides is 1. The van der Waals surface area contributed by atoms with E-state index in [1.807, 2.05) is 0 Å². The molecule has 4 N–H and O–H groups in total. The summed E-state index contributed by atoms with van der Waals surface area (Å²) in [6.45, 7) is 0.505. The molecule has 0 spiro atoms. The minimum absolute atomic E-state index is 0.204. The first-order valence-electron chi connectivity index (χ1n) is 11.7. The number of carbonyl (C=O) groups is 1. The van der Waals surface area contributed by atoms with Gasteiger partial charge in [0, 0.05) is 25.2 Å². The monoisotopic (exact) mass is 543 g/mol. The van der Waals surface area contributed by atoms with Crippen LogP contribution in [0.5, 0.6) is 0 Å². The van der Waals surface area contributed by atoms with E-state index in [0.29, 0.717) is 47.2 Å². The van der Waals surface area contributed by atoms with Crippen molar-refractivity contribution in [3.8, 4) is 11.3 Å². The minimum atomic E-state index is -4.43. The molecular formula is C24H23F2N7O4S. The number of nitrogens with one attached hydrogen (secondary N) is 1. The van der Waals surface area contributed by atoms with Gasteiger partial charge in [-0.3, -0.25) is 0 Å². The molecule has 0 bridgehead atoms. The number of hydrogen-bond acceptors (Lipinski definition) is 7. The van der Waals surface area contributed by atoms with E-state index in [0.717, 1.165) is 18.2 Å². The summed E-state index contributed by atoms with van der Waals surface area (Å²) in [5.41, 5.74) is 8.32. The fourth-order valence-electron chi connectivity index (χ4n) is 4.55. The van der Waals surface area contributed by atoms with Crippen LogP contribution in [0, 0.1) is 11.6 Å². The Hall–Kier alpha value is -4.17. The van der Waals surface area contributed by atoms with Gasteiger partial charge in [0.05, 0.1) is 11.4 Å². The Bertz CT molecular complexity index is 1610. The van der Waals surface area contributed by atoms with Gasteiger partial charge in [-0.2, -0.15) is 5.10 Å². The van der Waals surface area contributed by atoms with E-state index in [-0.39, 0.29) is 24.9 Å². The van der Waals surface area contributed by atoms with Crippen LogP contribution in [-0.2, 0) is 16.6 Å². The number of nitrogens with two attached hydrogens (primary N) is 1. The van der Waals surface area contributed by atoms with E-state index >= 15 is 0 Å². The fraction of sp³-hybridized carbons (Fsp3) is 0.250. The zero-order valence-electron chi connectivity index (χ0n) is 19.9. The first-order valence-corrected chi connectivity index (χ1v) is 13.1. The van der Waals surface area contributed by atoms with Crippen LogP contribution in [0.3, 0.4) is 0 Å². The van der Waals surface area contributed by atoms with Crippen molar-refractivity contribution in [1.29, 1.82) is 0 Å². The quantitative estimate of drug-likeness (QED) is 0.335. The molecule has 1 aliphatic rings. The molecule has 1 saturated heterocycles. The molecule has 4 aromatic rings.